The molecule has 1 unspecified atom stereocenters. The maximum absolute atomic E-state index is 12.1. The van der Waals surface area contributed by atoms with E-state index in [0.717, 1.165) is 6.42 Å². The summed E-state index contributed by atoms with van der Waals surface area (Å²) >= 11 is 0. The van der Waals surface area contributed by atoms with Crippen molar-refractivity contribution in [3.8, 4) is 0 Å². The second-order valence-electron chi connectivity index (χ2n) is 8.14. The minimum atomic E-state index is -0.500. The monoisotopic (exact) mass is 299 g/mol. The fraction of sp³-hybridized carbons (Fsp3) is 0.875. The van der Waals surface area contributed by atoms with E-state index in [0.29, 0.717) is 26.2 Å². The molecule has 0 aromatic heterocycles. The third-order valence-corrected chi connectivity index (χ3v) is 3.04. The summed E-state index contributed by atoms with van der Waals surface area (Å²) in [7, 11) is 0. The van der Waals surface area contributed by atoms with Crippen molar-refractivity contribution < 1.29 is 19.1 Å². The van der Waals surface area contributed by atoms with E-state index < -0.39 is 12.1 Å². The van der Waals surface area contributed by atoms with Crippen LogP contribution in [0.25, 0.3) is 0 Å². The van der Waals surface area contributed by atoms with Crippen LogP contribution in [-0.2, 0) is 14.3 Å². The van der Waals surface area contributed by atoms with Crippen LogP contribution < -0.4 is 0 Å². The molecule has 1 aliphatic heterocycles. The van der Waals surface area contributed by atoms with Gasteiger partial charge in [-0.3, -0.25) is 4.90 Å². The van der Waals surface area contributed by atoms with Gasteiger partial charge in [-0.25, -0.2) is 9.59 Å². The molecule has 0 spiro atoms. The Bertz CT molecular complexity index is 343. The predicted octanol–water partition coefficient (Wildman–Crippen LogP) is 3.22. The lowest BCUT2D eigenvalue weighted by atomic mass is 9.98. The number of esters is 1. The van der Waals surface area contributed by atoms with Crippen molar-refractivity contribution in [2.45, 2.75) is 60.4 Å². The minimum absolute atomic E-state index is 0.0775. The van der Waals surface area contributed by atoms with Crippen LogP contribution in [0.2, 0.25) is 0 Å². The highest BCUT2D eigenvalue weighted by Gasteiger charge is 2.37. The lowest BCUT2D eigenvalue weighted by Gasteiger charge is -2.26. The van der Waals surface area contributed by atoms with Gasteiger partial charge < -0.3 is 9.47 Å². The van der Waals surface area contributed by atoms with Crippen molar-refractivity contribution in [2.24, 2.45) is 10.8 Å². The first-order valence-corrected chi connectivity index (χ1v) is 7.60. The van der Waals surface area contributed by atoms with Crippen LogP contribution in [-0.4, -0.2) is 42.8 Å². The Morgan fingerprint density at radius 2 is 1.52 bits per heavy atom. The van der Waals surface area contributed by atoms with Gasteiger partial charge in [0.25, 0.3) is 0 Å². The number of carbonyl (C=O) groups is 2. The highest BCUT2D eigenvalue weighted by atomic mass is 16.6. The van der Waals surface area contributed by atoms with Gasteiger partial charge in [-0.2, -0.15) is 0 Å². The van der Waals surface area contributed by atoms with E-state index in [1.807, 2.05) is 41.5 Å². The van der Waals surface area contributed by atoms with E-state index in [4.69, 9.17) is 9.47 Å². The van der Waals surface area contributed by atoms with Crippen LogP contribution in [0, 0.1) is 10.8 Å². The first kappa shape index (κ1) is 17.8. The highest BCUT2D eigenvalue weighted by molar-refractivity contribution is 5.82. The molecule has 1 aliphatic rings. The van der Waals surface area contributed by atoms with Gasteiger partial charge in [0.15, 0.2) is 0 Å². The summed E-state index contributed by atoms with van der Waals surface area (Å²) in [4.78, 5) is 25.7. The van der Waals surface area contributed by atoms with E-state index in [9.17, 15) is 9.59 Å². The Labute approximate surface area is 128 Å². The van der Waals surface area contributed by atoms with Crippen molar-refractivity contribution in [1.82, 2.24) is 4.90 Å². The molecule has 21 heavy (non-hydrogen) atoms. The lowest BCUT2D eigenvalue weighted by Crippen LogP contribution is -2.43. The zero-order valence-electron chi connectivity index (χ0n) is 14.2. The zero-order chi connectivity index (χ0) is 16.3. The molecule has 1 heterocycles. The molecule has 1 atom stereocenters. The van der Waals surface area contributed by atoms with Gasteiger partial charge in [-0.15, -0.1) is 0 Å². The van der Waals surface area contributed by atoms with Gasteiger partial charge in [-0.05, 0) is 23.7 Å². The smallest absolute Gasteiger partial charge is 0.410 e. The van der Waals surface area contributed by atoms with Crippen molar-refractivity contribution in [2.75, 3.05) is 19.8 Å². The summed E-state index contributed by atoms with van der Waals surface area (Å²) in [5, 5.41) is 0. The standard InChI is InChI=1S/C16H29NO4/c1-15(2,3)10-20-13(18)12-8-7-9-17(12)14(19)21-11-16(4,5)6/h12H,7-11H2,1-6H3. The van der Waals surface area contributed by atoms with Crippen LogP contribution in [0.3, 0.4) is 0 Å². The van der Waals surface area contributed by atoms with Crippen LogP contribution in [0.4, 0.5) is 4.79 Å². The molecule has 122 valence electrons. The van der Waals surface area contributed by atoms with Crippen LogP contribution >= 0.6 is 0 Å². The van der Waals surface area contributed by atoms with Gasteiger partial charge in [0.05, 0.1) is 13.2 Å². The largest absolute Gasteiger partial charge is 0.464 e. The lowest BCUT2D eigenvalue weighted by molar-refractivity contribution is -0.151. The number of rotatable bonds is 3. The third-order valence-electron chi connectivity index (χ3n) is 3.04. The number of hydrogen-bond donors (Lipinski definition) is 0. The second kappa shape index (κ2) is 6.67. The Hall–Kier alpha value is -1.26. The fourth-order valence-electron chi connectivity index (χ4n) is 1.98. The molecule has 1 rings (SSSR count). The Balaban J connectivity index is 2.54. The van der Waals surface area contributed by atoms with Gasteiger partial charge >= 0.3 is 12.1 Å². The average molecular weight is 299 g/mol. The molecular weight excluding hydrogens is 270 g/mol. The van der Waals surface area contributed by atoms with Gasteiger partial charge in [0.2, 0.25) is 0 Å². The maximum Gasteiger partial charge on any atom is 0.410 e. The molecule has 1 amide bonds. The Kier molecular flexibility index (Phi) is 5.65. The molecule has 5 heteroatoms. The van der Waals surface area contributed by atoms with Gasteiger partial charge in [0.1, 0.15) is 6.04 Å². The molecule has 0 aliphatic carbocycles. The molecule has 0 N–H and O–H groups in total. The van der Waals surface area contributed by atoms with Gasteiger partial charge in [-0.1, -0.05) is 41.5 Å². The number of amides is 1. The molecule has 0 bridgehead atoms. The van der Waals surface area contributed by atoms with Crippen molar-refractivity contribution in [3.63, 3.8) is 0 Å². The van der Waals surface area contributed by atoms with E-state index in [1.54, 1.807) is 0 Å². The van der Waals surface area contributed by atoms with Crippen LogP contribution in [0.5, 0.6) is 0 Å². The maximum atomic E-state index is 12.1. The average Bonchev–Trinajstić information content (AvgIpc) is 2.80. The normalized spacial score (nSPS) is 19.5. The Morgan fingerprint density at radius 1 is 1.00 bits per heavy atom. The molecule has 0 aromatic carbocycles. The van der Waals surface area contributed by atoms with Crippen LogP contribution in [0.15, 0.2) is 0 Å². The predicted molar refractivity (Wildman–Crippen MR) is 80.9 cm³/mol. The number of nitrogens with zero attached hydrogens (tertiary/aromatic N) is 1. The molecular formula is C16H29NO4. The highest BCUT2D eigenvalue weighted by Crippen LogP contribution is 2.22. The zero-order valence-corrected chi connectivity index (χ0v) is 14.2. The molecule has 0 aromatic rings. The molecule has 5 nitrogen and oxygen atoms in total. The topological polar surface area (TPSA) is 55.8 Å². The summed E-state index contributed by atoms with van der Waals surface area (Å²) in [6, 6.07) is -0.500. The van der Waals surface area contributed by atoms with Crippen molar-refractivity contribution in [3.05, 3.63) is 0 Å². The summed E-state index contributed by atoms with van der Waals surface area (Å²) in [6.45, 7) is 13.3. The fourth-order valence-corrected chi connectivity index (χ4v) is 1.98. The first-order valence-electron chi connectivity index (χ1n) is 7.60. The van der Waals surface area contributed by atoms with E-state index in [2.05, 4.69) is 0 Å². The summed E-state index contributed by atoms with van der Waals surface area (Å²) < 4.78 is 10.6. The molecule has 0 radical (unpaired) electrons. The van der Waals surface area contributed by atoms with Crippen LogP contribution in [0.1, 0.15) is 54.4 Å². The van der Waals surface area contributed by atoms with Gasteiger partial charge in [0, 0.05) is 6.54 Å². The minimum Gasteiger partial charge on any atom is -0.464 e. The summed E-state index contributed by atoms with van der Waals surface area (Å²) in [6.07, 6.45) is 1.04. The quantitative estimate of drug-likeness (QED) is 0.751. The number of carbonyl (C=O) groups excluding carboxylic acids is 2. The first-order chi connectivity index (χ1) is 9.49. The number of hydrogen-bond acceptors (Lipinski definition) is 4. The van der Waals surface area contributed by atoms with E-state index in [1.165, 1.54) is 4.90 Å². The SMILES string of the molecule is CC(C)(C)COC(=O)C1CCCN1C(=O)OCC(C)(C)C. The summed E-state index contributed by atoms with van der Waals surface area (Å²) in [5.74, 6) is -0.324. The molecule has 0 saturated carbocycles. The van der Waals surface area contributed by atoms with E-state index >= 15 is 0 Å². The van der Waals surface area contributed by atoms with Crippen molar-refractivity contribution >= 4 is 12.1 Å². The molecule has 1 saturated heterocycles. The summed E-state index contributed by atoms with van der Waals surface area (Å²) in [5.41, 5.74) is -0.163. The van der Waals surface area contributed by atoms with Crippen molar-refractivity contribution in [1.29, 1.82) is 0 Å². The second-order valence-corrected chi connectivity index (χ2v) is 8.14. The third kappa shape index (κ3) is 6.36. The molecule has 1 fully saturated rings. The van der Waals surface area contributed by atoms with E-state index in [-0.39, 0.29) is 16.8 Å². The Morgan fingerprint density at radius 3 is 2.05 bits per heavy atom. The number of likely N-dealkylation sites (tertiary alicyclic amines) is 1. The number of ether oxygens (including phenoxy) is 2.